The van der Waals surface area contributed by atoms with E-state index in [9.17, 15) is 18.0 Å². The standard InChI is InChI=1S/C16H22N4O4S/c1-9(2)15(18-16(22)11-4-5-25(23,24)8-11)12-7-14(21)20-13(17-12)6-10(3)19-20/h6-7,9,11,15,19H,4-5,8H2,1-3H3,(H,18,22)/t11-,15+/m0/s1. The number of amides is 1. The van der Waals surface area contributed by atoms with Gasteiger partial charge in [-0.05, 0) is 19.3 Å². The fourth-order valence-electron chi connectivity index (χ4n) is 3.14. The van der Waals surface area contributed by atoms with Gasteiger partial charge in [0.05, 0.1) is 29.2 Å². The van der Waals surface area contributed by atoms with E-state index in [0.29, 0.717) is 17.8 Å². The predicted octanol–water partition coefficient (Wildman–Crippen LogP) is 0.579. The minimum absolute atomic E-state index is 0.00338. The molecule has 0 aliphatic carbocycles. The first-order valence-corrected chi connectivity index (χ1v) is 10.1. The molecule has 2 atom stereocenters. The number of hydrogen-bond donors (Lipinski definition) is 2. The van der Waals surface area contributed by atoms with Crippen LogP contribution in [0.4, 0.5) is 0 Å². The molecule has 25 heavy (non-hydrogen) atoms. The molecule has 0 spiro atoms. The number of carbonyl (C=O) groups excluding carboxylic acids is 1. The number of rotatable bonds is 4. The summed E-state index contributed by atoms with van der Waals surface area (Å²) in [6.07, 6.45) is 0.338. The van der Waals surface area contributed by atoms with Crippen molar-refractivity contribution in [2.75, 3.05) is 11.5 Å². The van der Waals surface area contributed by atoms with Crippen LogP contribution in [0.25, 0.3) is 5.65 Å². The van der Waals surface area contributed by atoms with Crippen LogP contribution in [0.5, 0.6) is 0 Å². The topological polar surface area (TPSA) is 113 Å². The van der Waals surface area contributed by atoms with E-state index in [2.05, 4.69) is 15.4 Å². The molecule has 1 amide bonds. The summed E-state index contributed by atoms with van der Waals surface area (Å²) in [5, 5.41) is 5.79. The first kappa shape index (κ1) is 17.7. The van der Waals surface area contributed by atoms with Crippen molar-refractivity contribution in [2.24, 2.45) is 11.8 Å². The molecule has 0 bridgehead atoms. The van der Waals surface area contributed by atoms with Crippen LogP contribution in [-0.2, 0) is 14.6 Å². The van der Waals surface area contributed by atoms with Gasteiger partial charge in [-0.25, -0.2) is 17.9 Å². The van der Waals surface area contributed by atoms with Crippen LogP contribution >= 0.6 is 0 Å². The molecular weight excluding hydrogens is 344 g/mol. The quantitative estimate of drug-likeness (QED) is 0.822. The molecule has 1 aliphatic rings. The zero-order valence-electron chi connectivity index (χ0n) is 14.4. The Morgan fingerprint density at radius 3 is 2.72 bits per heavy atom. The van der Waals surface area contributed by atoms with E-state index >= 15 is 0 Å². The van der Waals surface area contributed by atoms with Crippen LogP contribution in [0, 0.1) is 18.8 Å². The van der Waals surface area contributed by atoms with Gasteiger partial charge in [0, 0.05) is 17.8 Å². The molecular formula is C16H22N4O4S. The van der Waals surface area contributed by atoms with Crippen molar-refractivity contribution in [3.8, 4) is 0 Å². The minimum atomic E-state index is -3.13. The molecule has 2 aromatic rings. The summed E-state index contributed by atoms with van der Waals surface area (Å²) >= 11 is 0. The Morgan fingerprint density at radius 1 is 1.40 bits per heavy atom. The number of sulfone groups is 1. The second kappa shape index (κ2) is 6.29. The lowest BCUT2D eigenvalue weighted by Crippen LogP contribution is -2.37. The third-order valence-corrected chi connectivity index (χ3v) is 6.25. The van der Waals surface area contributed by atoms with Crippen LogP contribution in [0.3, 0.4) is 0 Å². The van der Waals surface area contributed by atoms with E-state index in [4.69, 9.17) is 0 Å². The summed E-state index contributed by atoms with van der Waals surface area (Å²) in [6.45, 7) is 5.67. The van der Waals surface area contributed by atoms with E-state index in [-0.39, 0.29) is 28.9 Å². The number of aromatic amines is 1. The molecule has 3 heterocycles. The van der Waals surface area contributed by atoms with Gasteiger partial charge in [0.2, 0.25) is 5.91 Å². The average molecular weight is 366 g/mol. The number of carbonyl (C=O) groups is 1. The highest BCUT2D eigenvalue weighted by molar-refractivity contribution is 7.91. The highest BCUT2D eigenvalue weighted by atomic mass is 32.2. The summed E-state index contributed by atoms with van der Waals surface area (Å²) in [4.78, 5) is 29.2. The van der Waals surface area contributed by atoms with Gasteiger partial charge < -0.3 is 5.32 Å². The zero-order chi connectivity index (χ0) is 18.4. The molecule has 8 nitrogen and oxygen atoms in total. The number of aryl methyl sites for hydroxylation is 1. The van der Waals surface area contributed by atoms with Gasteiger partial charge in [-0.1, -0.05) is 13.8 Å². The number of nitrogens with zero attached hydrogens (tertiary/aromatic N) is 2. The van der Waals surface area contributed by atoms with E-state index < -0.39 is 21.8 Å². The minimum Gasteiger partial charge on any atom is -0.347 e. The third-order valence-electron chi connectivity index (χ3n) is 4.48. The number of H-pyrrole nitrogens is 1. The highest BCUT2D eigenvalue weighted by Crippen LogP contribution is 2.23. The fraction of sp³-hybridized carbons (Fsp3) is 0.562. The molecule has 2 N–H and O–H groups in total. The lowest BCUT2D eigenvalue weighted by Gasteiger charge is -2.23. The Labute approximate surface area is 145 Å². The van der Waals surface area contributed by atoms with E-state index in [1.54, 1.807) is 6.07 Å². The van der Waals surface area contributed by atoms with Crippen molar-refractivity contribution in [2.45, 2.75) is 33.2 Å². The summed E-state index contributed by atoms with van der Waals surface area (Å²) < 4.78 is 24.5. The van der Waals surface area contributed by atoms with Crippen molar-refractivity contribution in [1.82, 2.24) is 19.9 Å². The van der Waals surface area contributed by atoms with Gasteiger partial charge in [-0.3, -0.25) is 14.7 Å². The Kier molecular flexibility index (Phi) is 4.44. The first-order valence-electron chi connectivity index (χ1n) is 8.26. The van der Waals surface area contributed by atoms with Crippen molar-refractivity contribution in [3.63, 3.8) is 0 Å². The normalized spacial score (nSPS) is 20.9. The maximum Gasteiger partial charge on any atom is 0.272 e. The Morgan fingerprint density at radius 2 is 2.12 bits per heavy atom. The first-order chi connectivity index (χ1) is 11.7. The average Bonchev–Trinajstić information content (AvgIpc) is 3.06. The molecule has 0 saturated carbocycles. The molecule has 2 aromatic heterocycles. The maximum atomic E-state index is 12.5. The molecule has 0 radical (unpaired) electrons. The van der Waals surface area contributed by atoms with Crippen molar-refractivity contribution < 1.29 is 13.2 Å². The number of nitrogens with one attached hydrogen (secondary N) is 2. The maximum absolute atomic E-state index is 12.5. The van der Waals surface area contributed by atoms with Crippen molar-refractivity contribution in [3.05, 3.63) is 33.9 Å². The monoisotopic (exact) mass is 366 g/mol. The summed E-state index contributed by atoms with van der Waals surface area (Å²) in [6, 6.07) is 2.70. The molecule has 1 aliphatic heterocycles. The molecule has 9 heteroatoms. The molecule has 1 fully saturated rings. The number of hydrogen-bond acceptors (Lipinski definition) is 5. The largest absolute Gasteiger partial charge is 0.347 e. The van der Waals surface area contributed by atoms with Crippen LogP contribution < -0.4 is 10.9 Å². The molecule has 136 valence electrons. The van der Waals surface area contributed by atoms with Gasteiger partial charge >= 0.3 is 0 Å². The molecule has 3 rings (SSSR count). The summed E-state index contributed by atoms with van der Waals surface area (Å²) in [7, 11) is -3.13. The fourth-order valence-corrected chi connectivity index (χ4v) is 4.89. The highest BCUT2D eigenvalue weighted by Gasteiger charge is 2.34. The van der Waals surface area contributed by atoms with Crippen LogP contribution in [0.2, 0.25) is 0 Å². The van der Waals surface area contributed by atoms with E-state index in [1.165, 1.54) is 10.6 Å². The Hall–Kier alpha value is -2.16. The van der Waals surface area contributed by atoms with E-state index in [1.807, 2.05) is 20.8 Å². The second-order valence-corrected chi connectivity index (χ2v) is 9.21. The predicted molar refractivity (Wildman–Crippen MR) is 93.0 cm³/mol. The van der Waals surface area contributed by atoms with Gasteiger partial charge in [-0.2, -0.15) is 0 Å². The zero-order valence-corrected chi connectivity index (χ0v) is 15.3. The van der Waals surface area contributed by atoms with Gasteiger partial charge in [0.1, 0.15) is 0 Å². The van der Waals surface area contributed by atoms with Crippen molar-refractivity contribution in [1.29, 1.82) is 0 Å². The SMILES string of the molecule is Cc1cc2nc([C@H](NC(=O)[C@H]3CCS(=O)(=O)C3)C(C)C)cc(=O)n2[nH]1. The Bertz CT molecular complexity index is 974. The molecule has 0 unspecified atom stereocenters. The smallest absolute Gasteiger partial charge is 0.272 e. The lowest BCUT2D eigenvalue weighted by molar-refractivity contribution is -0.125. The van der Waals surface area contributed by atoms with Gasteiger partial charge in [0.15, 0.2) is 15.5 Å². The molecule has 0 aromatic carbocycles. The number of fused-ring (bicyclic) bond motifs is 1. The van der Waals surface area contributed by atoms with Crippen LogP contribution in [0.15, 0.2) is 16.9 Å². The van der Waals surface area contributed by atoms with Gasteiger partial charge in [0.25, 0.3) is 5.56 Å². The lowest BCUT2D eigenvalue weighted by atomic mass is 9.99. The van der Waals surface area contributed by atoms with Crippen molar-refractivity contribution >= 4 is 21.4 Å². The second-order valence-electron chi connectivity index (χ2n) is 6.98. The Balaban J connectivity index is 1.89. The van der Waals surface area contributed by atoms with Crippen LogP contribution in [-0.4, -0.2) is 40.4 Å². The summed E-state index contributed by atoms with van der Waals surface area (Å²) in [5.41, 5.74) is 1.52. The van der Waals surface area contributed by atoms with Gasteiger partial charge in [-0.15, -0.1) is 0 Å². The third kappa shape index (κ3) is 3.60. The van der Waals surface area contributed by atoms with E-state index in [0.717, 1.165) is 5.69 Å². The number of aromatic nitrogens is 3. The summed E-state index contributed by atoms with van der Waals surface area (Å²) in [5.74, 6) is -0.907. The van der Waals surface area contributed by atoms with Crippen LogP contribution in [0.1, 0.15) is 37.7 Å². The molecule has 1 saturated heterocycles.